The second kappa shape index (κ2) is 9.65. The monoisotopic (exact) mass is 425 g/mol. The van der Waals surface area contributed by atoms with Crippen molar-refractivity contribution >= 4 is 22.7 Å². The number of hydrogen-bond acceptors (Lipinski definition) is 3. The first kappa shape index (κ1) is 21.6. The number of para-hydroxylation sites is 1. The molecule has 0 aliphatic rings. The van der Waals surface area contributed by atoms with Crippen LogP contribution in [0.2, 0.25) is 0 Å². The van der Waals surface area contributed by atoms with E-state index in [0.29, 0.717) is 17.5 Å². The molecule has 0 fully saturated rings. The topological polar surface area (TPSA) is 59.2 Å². The van der Waals surface area contributed by atoms with Gasteiger partial charge in [-0.25, -0.2) is 0 Å². The smallest absolute Gasteiger partial charge is 0.314 e. The van der Waals surface area contributed by atoms with Gasteiger partial charge in [0.05, 0.1) is 5.92 Å². The molecule has 0 unspecified atom stereocenters. The summed E-state index contributed by atoms with van der Waals surface area (Å²) in [6.45, 7) is 4.03. The Balaban J connectivity index is 1.71. The fourth-order valence-electron chi connectivity index (χ4n) is 4.18. The van der Waals surface area contributed by atoms with E-state index in [-0.39, 0.29) is 5.78 Å². The van der Waals surface area contributed by atoms with Gasteiger partial charge in [0.15, 0.2) is 6.10 Å². The maximum Gasteiger partial charge on any atom is 0.314 e. The van der Waals surface area contributed by atoms with Crippen molar-refractivity contribution < 1.29 is 14.3 Å². The zero-order chi connectivity index (χ0) is 22.5. The van der Waals surface area contributed by atoms with E-state index in [4.69, 9.17) is 4.74 Å². The second-order valence-electron chi connectivity index (χ2n) is 7.86. The second-order valence-corrected chi connectivity index (χ2v) is 7.86. The highest BCUT2D eigenvalue weighted by atomic mass is 16.5. The number of ether oxygens (including phenoxy) is 1. The van der Waals surface area contributed by atoms with Crippen LogP contribution < -0.4 is 0 Å². The fourth-order valence-corrected chi connectivity index (χ4v) is 4.18. The number of rotatable bonds is 8. The van der Waals surface area contributed by atoms with Crippen LogP contribution in [0.5, 0.6) is 0 Å². The van der Waals surface area contributed by atoms with E-state index < -0.39 is 18.0 Å². The molecular weight excluding hydrogens is 398 g/mol. The third-order valence-electron chi connectivity index (χ3n) is 5.92. The van der Waals surface area contributed by atoms with Gasteiger partial charge in [0.25, 0.3) is 0 Å². The molecule has 4 aromatic rings. The van der Waals surface area contributed by atoms with E-state index in [0.717, 1.165) is 28.5 Å². The SMILES string of the molecule is CCc1cccc2c(C(=O)[C@@H](OC(=O)[C@@H](CC)c3ccccc3)c3ccccc3)c[nH]c12. The minimum atomic E-state index is -1.01. The Kier molecular flexibility index (Phi) is 6.50. The van der Waals surface area contributed by atoms with Crippen molar-refractivity contribution in [2.24, 2.45) is 0 Å². The number of fused-ring (bicyclic) bond motifs is 1. The third kappa shape index (κ3) is 4.22. The summed E-state index contributed by atoms with van der Waals surface area (Å²) in [5, 5.41) is 0.849. The Bertz CT molecular complexity index is 1210. The van der Waals surface area contributed by atoms with Gasteiger partial charge >= 0.3 is 5.97 Å². The van der Waals surface area contributed by atoms with Crippen LogP contribution in [0.4, 0.5) is 0 Å². The van der Waals surface area contributed by atoms with Gasteiger partial charge in [0.1, 0.15) is 0 Å². The van der Waals surface area contributed by atoms with Gasteiger partial charge in [-0.15, -0.1) is 0 Å². The molecule has 162 valence electrons. The van der Waals surface area contributed by atoms with Gasteiger partial charge in [-0.3, -0.25) is 9.59 Å². The van der Waals surface area contributed by atoms with Gasteiger partial charge in [0, 0.05) is 28.2 Å². The number of ketones is 1. The van der Waals surface area contributed by atoms with E-state index in [9.17, 15) is 9.59 Å². The molecule has 0 aliphatic carbocycles. The Morgan fingerprint density at radius 2 is 1.50 bits per heavy atom. The van der Waals surface area contributed by atoms with Crippen molar-refractivity contribution in [1.29, 1.82) is 0 Å². The summed E-state index contributed by atoms with van der Waals surface area (Å²) in [7, 11) is 0. The molecule has 1 heterocycles. The van der Waals surface area contributed by atoms with Crippen LogP contribution in [-0.4, -0.2) is 16.7 Å². The number of aryl methyl sites for hydroxylation is 1. The molecule has 3 aromatic carbocycles. The van der Waals surface area contributed by atoms with Crippen LogP contribution in [0.15, 0.2) is 85.1 Å². The number of benzene rings is 3. The van der Waals surface area contributed by atoms with Crippen molar-refractivity contribution in [1.82, 2.24) is 4.98 Å². The minimum absolute atomic E-state index is 0.230. The largest absolute Gasteiger partial charge is 0.449 e. The first-order valence-corrected chi connectivity index (χ1v) is 11.1. The van der Waals surface area contributed by atoms with Crippen LogP contribution in [-0.2, 0) is 16.0 Å². The number of carbonyl (C=O) groups excluding carboxylic acids is 2. The summed E-state index contributed by atoms with van der Waals surface area (Å²) in [4.78, 5) is 30.2. The van der Waals surface area contributed by atoms with Gasteiger partial charge in [-0.2, -0.15) is 0 Å². The van der Waals surface area contributed by atoms with Crippen molar-refractivity contribution in [3.8, 4) is 0 Å². The van der Waals surface area contributed by atoms with Gasteiger partial charge in [0.2, 0.25) is 5.78 Å². The molecule has 0 bridgehead atoms. The first-order chi connectivity index (χ1) is 15.6. The highest BCUT2D eigenvalue weighted by Crippen LogP contribution is 2.31. The van der Waals surface area contributed by atoms with Crippen molar-refractivity contribution in [3.05, 3.63) is 107 Å². The van der Waals surface area contributed by atoms with Crippen molar-refractivity contribution in [2.75, 3.05) is 0 Å². The first-order valence-electron chi connectivity index (χ1n) is 11.1. The van der Waals surface area contributed by atoms with Crippen LogP contribution in [0, 0.1) is 0 Å². The molecule has 0 amide bonds. The maximum absolute atomic E-state index is 13.7. The molecular formula is C28H27NO3. The molecule has 4 heteroatoms. The Hall–Kier alpha value is -3.66. The average molecular weight is 426 g/mol. The number of hydrogen-bond donors (Lipinski definition) is 1. The van der Waals surface area contributed by atoms with Crippen LogP contribution in [0.1, 0.15) is 59.3 Å². The summed E-state index contributed by atoms with van der Waals surface area (Å²) < 4.78 is 5.93. The van der Waals surface area contributed by atoms with Crippen molar-refractivity contribution in [2.45, 2.75) is 38.7 Å². The summed E-state index contributed by atoms with van der Waals surface area (Å²) in [5.74, 6) is -1.05. The summed E-state index contributed by atoms with van der Waals surface area (Å²) >= 11 is 0. The highest BCUT2D eigenvalue weighted by molar-refractivity contribution is 6.11. The quantitative estimate of drug-likeness (QED) is 0.263. The lowest BCUT2D eigenvalue weighted by atomic mass is 9.95. The van der Waals surface area contributed by atoms with Crippen molar-refractivity contribution in [3.63, 3.8) is 0 Å². The maximum atomic E-state index is 13.7. The van der Waals surface area contributed by atoms with E-state index in [1.807, 2.05) is 85.8 Å². The molecule has 0 radical (unpaired) electrons. The Morgan fingerprint density at radius 3 is 2.12 bits per heavy atom. The Morgan fingerprint density at radius 1 is 0.844 bits per heavy atom. The van der Waals surface area contributed by atoms with Crippen LogP contribution >= 0.6 is 0 Å². The molecule has 4 rings (SSSR count). The number of carbonyl (C=O) groups is 2. The van der Waals surface area contributed by atoms with E-state index >= 15 is 0 Å². The van der Waals surface area contributed by atoms with Gasteiger partial charge < -0.3 is 9.72 Å². The standard InChI is InChI=1S/C28H27NO3/c1-3-19-16-11-17-23-24(18-29-25(19)23)26(30)27(21-14-9-6-10-15-21)32-28(31)22(4-2)20-12-7-5-8-13-20/h5-18,22,27,29H,3-4H2,1-2H3/t22-,27-/m0/s1. The fraction of sp³-hybridized carbons (Fsp3) is 0.214. The van der Waals surface area contributed by atoms with Crippen LogP contribution in [0.25, 0.3) is 10.9 Å². The van der Waals surface area contributed by atoms with Crippen LogP contribution in [0.3, 0.4) is 0 Å². The predicted octanol–water partition coefficient (Wildman–Crippen LogP) is 6.39. The number of H-pyrrole nitrogens is 1. The lowest BCUT2D eigenvalue weighted by Crippen LogP contribution is -2.24. The number of aromatic nitrogens is 1. The summed E-state index contributed by atoms with van der Waals surface area (Å²) in [6.07, 6.45) is 2.17. The number of Topliss-reactive ketones (excluding diaryl/α,β-unsaturated/α-hetero) is 1. The lowest BCUT2D eigenvalue weighted by molar-refractivity contribution is -0.149. The van der Waals surface area contributed by atoms with Gasteiger partial charge in [-0.05, 0) is 24.0 Å². The molecule has 0 spiro atoms. The highest BCUT2D eigenvalue weighted by Gasteiger charge is 2.31. The zero-order valence-electron chi connectivity index (χ0n) is 18.4. The molecule has 1 aromatic heterocycles. The molecule has 0 saturated heterocycles. The lowest BCUT2D eigenvalue weighted by Gasteiger charge is -2.21. The average Bonchev–Trinajstić information content (AvgIpc) is 3.28. The number of aromatic amines is 1. The number of esters is 1. The molecule has 32 heavy (non-hydrogen) atoms. The normalized spacial score (nSPS) is 12.9. The van der Waals surface area contributed by atoms with E-state index in [1.165, 1.54) is 0 Å². The predicted molar refractivity (Wildman–Crippen MR) is 127 cm³/mol. The summed E-state index contributed by atoms with van der Waals surface area (Å²) in [5.41, 5.74) is 4.18. The molecule has 1 N–H and O–H groups in total. The third-order valence-corrected chi connectivity index (χ3v) is 5.92. The molecule has 0 saturated carbocycles. The Labute approximate surface area is 188 Å². The molecule has 0 aliphatic heterocycles. The summed E-state index contributed by atoms with van der Waals surface area (Å²) in [6, 6.07) is 24.7. The van der Waals surface area contributed by atoms with E-state index in [2.05, 4.69) is 11.9 Å². The zero-order valence-corrected chi connectivity index (χ0v) is 18.4. The molecule has 4 nitrogen and oxygen atoms in total. The van der Waals surface area contributed by atoms with Gasteiger partial charge in [-0.1, -0.05) is 92.7 Å². The van der Waals surface area contributed by atoms with E-state index in [1.54, 1.807) is 6.20 Å². The number of nitrogens with one attached hydrogen (secondary N) is 1. The molecule has 2 atom stereocenters. The minimum Gasteiger partial charge on any atom is -0.449 e.